The molecule has 0 aliphatic rings. The number of rotatable bonds is 8. The van der Waals surface area contributed by atoms with Crippen LogP contribution in [0.15, 0.2) is 60.0 Å². The van der Waals surface area contributed by atoms with Crippen LogP contribution in [-0.4, -0.2) is 40.1 Å². The van der Waals surface area contributed by atoms with Crippen molar-refractivity contribution in [2.45, 2.75) is 12.1 Å². The number of hydrogen-bond donors (Lipinski definition) is 3. The second-order valence-corrected chi connectivity index (χ2v) is 7.73. The standard InChI is InChI=1S/C22H23N5O4S/c1-14(28)24-17-8-9-19(31-3)18(12-17)26-21(30)15-4-6-16(7-5-15)25-20(29)13-32-22-23-10-11-27(22)2/h4-12H,13H2,1-3H3,(H,24,28)(H,25,29)(H,26,30). The molecular formula is C22H23N5O4S. The minimum Gasteiger partial charge on any atom is -0.495 e. The molecule has 0 radical (unpaired) electrons. The summed E-state index contributed by atoms with van der Waals surface area (Å²) in [5, 5.41) is 8.99. The molecule has 32 heavy (non-hydrogen) atoms. The molecule has 0 spiro atoms. The molecule has 0 unspecified atom stereocenters. The number of methoxy groups -OCH3 is 1. The number of benzene rings is 2. The van der Waals surface area contributed by atoms with Gasteiger partial charge >= 0.3 is 0 Å². The van der Waals surface area contributed by atoms with Gasteiger partial charge < -0.3 is 25.3 Å². The van der Waals surface area contributed by atoms with Crippen LogP contribution >= 0.6 is 11.8 Å². The molecule has 3 aromatic rings. The van der Waals surface area contributed by atoms with E-state index < -0.39 is 0 Å². The van der Waals surface area contributed by atoms with Gasteiger partial charge in [0.1, 0.15) is 5.75 Å². The van der Waals surface area contributed by atoms with Gasteiger partial charge in [0.25, 0.3) is 5.91 Å². The molecule has 0 bridgehead atoms. The first-order chi connectivity index (χ1) is 15.4. The zero-order valence-electron chi connectivity index (χ0n) is 17.8. The molecule has 9 nitrogen and oxygen atoms in total. The predicted molar refractivity (Wildman–Crippen MR) is 124 cm³/mol. The third kappa shape index (κ3) is 6.11. The molecule has 3 N–H and O–H groups in total. The lowest BCUT2D eigenvalue weighted by Gasteiger charge is -2.13. The molecule has 0 atom stereocenters. The summed E-state index contributed by atoms with van der Waals surface area (Å²) in [4.78, 5) is 40.3. The highest BCUT2D eigenvalue weighted by Crippen LogP contribution is 2.28. The molecule has 166 valence electrons. The Balaban J connectivity index is 1.60. The summed E-state index contributed by atoms with van der Waals surface area (Å²) in [7, 11) is 3.36. The second-order valence-electron chi connectivity index (χ2n) is 6.79. The number of ether oxygens (including phenoxy) is 1. The highest BCUT2D eigenvalue weighted by Gasteiger charge is 2.12. The third-order valence-corrected chi connectivity index (χ3v) is 5.37. The zero-order chi connectivity index (χ0) is 23.1. The van der Waals surface area contributed by atoms with Gasteiger partial charge in [0.2, 0.25) is 11.8 Å². The molecule has 0 saturated heterocycles. The Labute approximate surface area is 189 Å². The van der Waals surface area contributed by atoms with Crippen molar-refractivity contribution in [3.63, 3.8) is 0 Å². The lowest BCUT2D eigenvalue weighted by molar-refractivity contribution is -0.114. The van der Waals surface area contributed by atoms with Crippen molar-refractivity contribution in [1.29, 1.82) is 0 Å². The molecule has 1 aromatic heterocycles. The van der Waals surface area contributed by atoms with Crippen LogP contribution in [0.1, 0.15) is 17.3 Å². The Morgan fingerprint density at radius 2 is 1.75 bits per heavy atom. The first-order valence-electron chi connectivity index (χ1n) is 9.62. The number of hydrogen-bond acceptors (Lipinski definition) is 6. The Kier molecular flexibility index (Phi) is 7.50. The number of thioether (sulfide) groups is 1. The number of anilines is 3. The van der Waals surface area contributed by atoms with E-state index in [0.29, 0.717) is 28.4 Å². The first-order valence-corrected chi connectivity index (χ1v) is 10.6. The number of imidazole rings is 1. The topological polar surface area (TPSA) is 114 Å². The Morgan fingerprint density at radius 1 is 1.03 bits per heavy atom. The van der Waals surface area contributed by atoms with Crippen LogP contribution in [0.25, 0.3) is 0 Å². The largest absolute Gasteiger partial charge is 0.495 e. The second kappa shape index (κ2) is 10.5. The average molecular weight is 454 g/mol. The van der Waals surface area contributed by atoms with Crippen molar-refractivity contribution in [2.24, 2.45) is 7.05 Å². The lowest BCUT2D eigenvalue weighted by Crippen LogP contribution is -2.15. The molecule has 1 heterocycles. The maximum Gasteiger partial charge on any atom is 0.255 e. The summed E-state index contributed by atoms with van der Waals surface area (Å²) in [5.41, 5.74) is 1.94. The van der Waals surface area contributed by atoms with Gasteiger partial charge in [-0.1, -0.05) is 11.8 Å². The molecule has 0 saturated carbocycles. The van der Waals surface area contributed by atoms with Gasteiger partial charge in [-0.15, -0.1) is 0 Å². The number of nitrogens with zero attached hydrogens (tertiary/aromatic N) is 2. The molecular weight excluding hydrogens is 430 g/mol. The monoisotopic (exact) mass is 453 g/mol. The van der Waals surface area contributed by atoms with Crippen molar-refractivity contribution in [2.75, 3.05) is 28.8 Å². The molecule has 0 fully saturated rings. The van der Waals surface area contributed by atoms with Crippen LogP contribution in [0.2, 0.25) is 0 Å². The first kappa shape index (κ1) is 22.9. The zero-order valence-corrected chi connectivity index (χ0v) is 18.7. The van der Waals surface area contributed by atoms with Crippen LogP contribution in [0, 0.1) is 0 Å². The number of carbonyl (C=O) groups is 3. The van der Waals surface area contributed by atoms with Crippen LogP contribution in [-0.2, 0) is 16.6 Å². The molecule has 10 heteroatoms. The Morgan fingerprint density at radius 3 is 2.38 bits per heavy atom. The van der Waals surface area contributed by atoms with E-state index in [1.165, 1.54) is 25.8 Å². The number of nitrogens with one attached hydrogen (secondary N) is 3. The van der Waals surface area contributed by atoms with Crippen LogP contribution < -0.4 is 20.7 Å². The molecule has 0 aliphatic heterocycles. The quantitative estimate of drug-likeness (QED) is 0.451. The average Bonchev–Trinajstić information content (AvgIpc) is 3.17. The predicted octanol–water partition coefficient (Wildman–Crippen LogP) is 3.37. The summed E-state index contributed by atoms with van der Waals surface area (Å²) in [6.07, 6.45) is 3.49. The molecule has 3 rings (SSSR count). The van der Waals surface area contributed by atoms with Crippen molar-refractivity contribution < 1.29 is 19.1 Å². The fourth-order valence-corrected chi connectivity index (χ4v) is 3.54. The van der Waals surface area contributed by atoms with E-state index in [1.807, 2.05) is 17.8 Å². The molecule has 3 amide bonds. The van der Waals surface area contributed by atoms with E-state index in [1.54, 1.807) is 48.7 Å². The Hall–Kier alpha value is -3.79. The fraction of sp³-hybridized carbons (Fsp3) is 0.182. The summed E-state index contributed by atoms with van der Waals surface area (Å²) in [6, 6.07) is 11.5. The van der Waals surface area contributed by atoms with Crippen molar-refractivity contribution >= 4 is 46.5 Å². The number of carbonyl (C=O) groups excluding carboxylic acids is 3. The number of aryl methyl sites for hydroxylation is 1. The maximum atomic E-state index is 12.7. The van der Waals surface area contributed by atoms with E-state index in [0.717, 1.165) is 5.16 Å². The highest BCUT2D eigenvalue weighted by atomic mass is 32.2. The van der Waals surface area contributed by atoms with Gasteiger partial charge in [0.05, 0.1) is 18.6 Å². The van der Waals surface area contributed by atoms with Gasteiger partial charge in [0.15, 0.2) is 5.16 Å². The van der Waals surface area contributed by atoms with E-state index in [-0.39, 0.29) is 23.5 Å². The van der Waals surface area contributed by atoms with Gasteiger partial charge in [-0.25, -0.2) is 4.98 Å². The van der Waals surface area contributed by atoms with Crippen molar-refractivity contribution in [3.05, 3.63) is 60.4 Å². The van der Waals surface area contributed by atoms with Gasteiger partial charge in [-0.2, -0.15) is 0 Å². The maximum absolute atomic E-state index is 12.7. The minimum absolute atomic E-state index is 0.172. The summed E-state index contributed by atoms with van der Waals surface area (Å²) in [5.74, 6) is -0.0662. The van der Waals surface area contributed by atoms with Crippen molar-refractivity contribution in [1.82, 2.24) is 9.55 Å². The SMILES string of the molecule is COc1ccc(NC(C)=O)cc1NC(=O)c1ccc(NC(=O)CSc2nccn2C)cc1. The smallest absolute Gasteiger partial charge is 0.255 e. The van der Waals surface area contributed by atoms with Crippen molar-refractivity contribution in [3.8, 4) is 5.75 Å². The normalized spacial score (nSPS) is 10.3. The summed E-state index contributed by atoms with van der Waals surface area (Å²) >= 11 is 1.34. The number of amides is 3. The van der Waals surface area contributed by atoms with E-state index in [4.69, 9.17) is 4.74 Å². The van der Waals surface area contributed by atoms with Crippen LogP contribution in [0.5, 0.6) is 5.75 Å². The van der Waals surface area contributed by atoms with E-state index in [9.17, 15) is 14.4 Å². The summed E-state index contributed by atoms with van der Waals surface area (Å²) < 4.78 is 7.12. The lowest BCUT2D eigenvalue weighted by atomic mass is 10.1. The molecule has 2 aromatic carbocycles. The highest BCUT2D eigenvalue weighted by molar-refractivity contribution is 7.99. The van der Waals surface area contributed by atoms with Crippen LogP contribution in [0.3, 0.4) is 0 Å². The van der Waals surface area contributed by atoms with Crippen LogP contribution in [0.4, 0.5) is 17.1 Å². The van der Waals surface area contributed by atoms with Gasteiger partial charge in [-0.3, -0.25) is 14.4 Å². The van der Waals surface area contributed by atoms with E-state index in [2.05, 4.69) is 20.9 Å². The Bertz CT molecular complexity index is 1130. The number of aromatic nitrogens is 2. The minimum atomic E-state index is -0.355. The molecule has 0 aliphatic carbocycles. The van der Waals surface area contributed by atoms with Gasteiger partial charge in [0, 0.05) is 43.3 Å². The fourth-order valence-electron chi connectivity index (χ4n) is 2.80. The van der Waals surface area contributed by atoms with Gasteiger partial charge in [-0.05, 0) is 42.5 Å². The summed E-state index contributed by atoms with van der Waals surface area (Å²) in [6.45, 7) is 1.40. The third-order valence-electron chi connectivity index (χ3n) is 4.31. The van der Waals surface area contributed by atoms with E-state index >= 15 is 0 Å².